The minimum atomic E-state index is -0.313. The Morgan fingerprint density at radius 2 is 2.08 bits per heavy atom. The highest BCUT2D eigenvalue weighted by atomic mass is 16.5. The monoisotopic (exact) mass is 358 g/mol. The number of nitrogens with zero attached hydrogens (tertiary/aromatic N) is 2. The molecule has 2 rings (SSSR count). The molecule has 0 radical (unpaired) electrons. The number of methoxy groups -OCH3 is 1. The summed E-state index contributed by atoms with van der Waals surface area (Å²) in [6.45, 7) is 8.95. The minimum Gasteiger partial charge on any atom is -0.465 e. The van der Waals surface area contributed by atoms with Gasteiger partial charge in [0.15, 0.2) is 0 Å². The summed E-state index contributed by atoms with van der Waals surface area (Å²) >= 11 is 0. The van der Waals surface area contributed by atoms with Crippen molar-refractivity contribution >= 4 is 5.97 Å². The molecular formula is C21H30N2O3. The van der Waals surface area contributed by atoms with Gasteiger partial charge in [-0.1, -0.05) is 29.8 Å². The molecule has 0 bridgehead atoms. The number of hydrogen-bond acceptors (Lipinski definition) is 4. The lowest BCUT2D eigenvalue weighted by atomic mass is 10.1. The fourth-order valence-corrected chi connectivity index (χ4v) is 2.99. The van der Waals surface area contributed by atoms with Crippen LogP contribution in [-0.2, 0) is 27.4 Å². The number of carbonyl (C=O) groups excluding carboxylic acids is 1. The van der Waals surface area contributed by atoms with Crippen LogP contribution in [0.1, 0.15) is 30.7 Å². The Morgan fingerprint density at radius 1 is 1.27 bits per heavy atom. The van der Waals surface area contributed by atoms with Crippen LogP contribution in [0.15, 0.2) is 42.6 Å². The van der Waals surface area contributed by atoms with Crippen LogP contribution in [0.4, 0.5) is 0 Å². The molecule has 26 heavy (non-hydrogen) atoms. The molecule has 0 spiro atoms. The van der Waals surface area contributed by atoms with Crippen LogP contribution < -0.4 is 0 Å². The number of hydrogen-bond donors (Lipinski definition) is 0. The largest absolute Gasteiger partial charge is 0.465 e. The summed E-state index contributed by atoms with van der Waals surface area (Å²) in [5.74, 6) is -0.194. The Morgan fingerprint density at radius 3 is 2.77 bits per heavy atom. The van der Waals surface area contributed by atoms with E-state index in [2.05, 4.69) is 59.0 Å². The van der Waals surface area contributed by atoms with Gasteiger partial charge in [0, 0.05) is 38.6 Å². The molecule has 2 aromatic rings. The molecule has 1 aromatic carbocycles. The topological polar surface area (TPSA) is 43.7 Å². The highest BCUT2D eigenvalue weighted by Crippen LogP contribution is 2.14. The third-order valence-electron chi connectivity index (χ3n) is 4.48. The van der Waals surface area contributed by atoms with Crippen LogP contribution >= 0.6 is 0 Å². The van der Waals surface area contributed by atoms with Crippen molar-refractivity contribution in [3.05, 3.63) is 59.4 Å². The molecule has 5 heteroatoms. The quantitative estimate of drug-likeness (QED) is 0.612. The van der Waals surface area contributed by atoms with E-state index in [9.17, 15) is 4.79 Å². The molecule has 0 amide bonds. The first-order valence-corrected chi connectivity index (χ1v) is 9.14. The van der Waals surface area contributed by atoms with Gasteiger partial charge in [0.2, 0.25) is 0 Å². The maximum absolute atomic E-state index is 12.2. The Balaban J connectivity index is 2.12. The molecular weight excluding hydrogens is 328 g/mol. The van der Waals surface area contributed by atoms with E-state index in [1.54, 1.807) is 7.11 Å². The van der Waals surface area contributed by atoms with Crippen LogP contribution in [0.5, 0.6) is 0 Å². The first-order valence-electron chi connectivity index (χ1n) is 9.14. The van der Waals surface area contributed by atoms with Crippen molar-refractivity contribution in [3.63, 3.8) is 0 Å². The van der Waals surface area contributed by atoms with Crippen LogP contribution in [0.3, 0.4) is 0 Å². The van der Waals surface area contributed by atoms with E-state index in [0.717, 1.165) is 6.54 Å². The van der Waals surface area contributed by atoms with Gasteiger partial charge in [0.25, 0.3) is 0 Å². The maximum atomic E-state index is 12.2. The second-order valence-corrected chi connectivity index (χ2v) is 6.51. The summed E-state index contributed by atoms with van der Waals surface area (Å²) in [5.41, 5.74) is 3.69. The van der Waals surface area contributed by atoms with E-state index in [1.807, 2.05) is 13.8 Å². The smallest absolute Gasteiger partial charge is 0.323 e. The van der Waals surface area contributed by atoms with Gasteiger partial charge in [0.05, 0.1) is 13.2 Å². The zero-order valence-corrected chi connectivity index (χ0v) is 16.3. The first kappa shape index (κ1) is 20.2. The average Bonchev–Trinajstić information content (AvgIpc) is 3.05. The van der Waals surface area contributed by atoms with Crippen molar-refractivity contribution in [2.24, 2.45) is 0 Å². The summed E-state index contributed by atoms with van der Waals surface area (Å²) < 4.78 is 12.6. The molecule has 0 aliphatic heterocycles. The Kier molecular flexibility index (Phi) is 7.88. The van der Waals surface area contributed by atoms with Crippen molar-refractivity contribution in [2.45, 2.75) is 39.9 Å². The van der Waals surface area contributed by atoms with E-state index in [1.165, 1.54) is 16.8 Å². The lowest BCUT2D eigenvalue weighted by Crippen LogP contribution is -2.41. The third kappa shape index (κ3) is 5.71. The molecule has 1 atom stereocenters. The molecule has 0 fully saturated rings. The van der Waals surface area contributed by atoms with E-state index in [0.29, 0.717) is 26.3 Å². The number of ether oxygens (including phenoxy) is 2. The van der Waals surface area contributed by atoms with E-state index in [-0.39, 0.29) is 12.0 Å². The van der Waals surface area contributed by atoms with Crippen molar-refractivity contribution in [2.75, 3.05) is 26.9 Å². The highest BCUT2D eigenvalue weighted by molar-refractivity contribution is 5.75. The van der Waals surface area contributed by atoms with E-state index in [4.69, 9.17) is 9.47 Å². The van der Waals surface area contributed by atoms with Crippen molar-refractivity contribution in [1.82, 2.24) is 9.47 Å². The Hall–Kier alpha value is -2.11. The summed E-state index contributed by atoms with van der Waals surface area (Å²) in [5, 5.41) is 0. The number of carbonyl (C=O) groups is 1. The van der Waals surface area contributed by atoms with Crippen molar-refractivity contribution in [3.8, 4) is 0 Å². The summed E-state index contributed by atoms with van der Waals surface area (Å²) in [6, 6.07) is 12.4. The molecule has 1 heterocycles. The summed E-state index contributed by atoms with van der Waals surface area (Å²) in [6.07, 6.45) is 2.08. The van der Waals surface area contributed by atoms with Gasteiger partial charge in [0.1, 0.15) is 6.04 Å². The SMILES string of the molecule is CCOC(=O)C(C)N(CCOC)Cc1cccn1Cc1cccc(C)c1. The lowest BCUT2D eigenvalue weighted by Gasteiger charge is -2.27. The molecule has 0 aliphatic carbocycles. The Bertz CT molecular complexity index is 696. The standard InChI is InChI=1S/C21H30N2O3/c1-5-26-21(24)18(3)22(12-13-25-4)16-20-10-7-11-23(20)15-19-9-6-8-17(2)14-19/h6-11,14,18H,5,12-13,15-16H2,1-4H3. The molecule has 0 saturated carbocycles. The van der Waals surface area contributed by atoms with E-state index < -0.39 is 0 Å². The molecule has 142 valence electrons. The maximum Gasteiger partial charge on any atom is 0.323 e. The molecule has 1 aromatic heterocycles. The number of aromatic nitrogens is 1. The lowest BCUT2D eigenvalue weighted by molar-refractivity contribution is -0.149. The molecule has 1 unspecified atom stereocenters. The molecule has 5 nitrogen and oxygen atoms in total. The van der Waals surface area contributed by atoms with Crippen LogP contribution in [-0.4, -0.2) is 48.3 Å². The van der Waals surface area contributed by atoms with Gasteiger partial charge in [-0.2, -0.15) is 0 Å². The van der Waals surface area contributed by atoms with Gasteiger partial charge in [-0.3, -0.25) is 9.69 Å². The molecule has 0 saturated heterocycles. The Labute approximate surface area is 156 Å². The van der Waals surface area contributed by atoms with Gasteiger partial charge in [-0.05, 0) is 38.5 Å². The van der Waals surface area contributed by atoms with Gasteiger partial charge in [-0.25, -0.2) is 0 Å². The predicted molar refractivity (Wildman–Crippen MR) is 103 cm³/mol. The minimum absolute atomic E-state index is 0.194. The average molecular weight is 358 g/mol. The number of rotatable bonds is 10. The van der Waals surface area contributed by atoms with Gasteiger partial charge in [-0.15, -0.1) is 0 Å². The van der Waals surface area contributed by atoms with Crippen molar-refractivity contribution in [1.29, 1.82) is 0 Å². The number of esters is 1. The predicted octanol–water partition coefficient (Wildman–Crippen LogP) is 3.24. The number of benzene rings is 1. The van der Waals surface area contributed by atoms with Gasteiger partial charge >= 0.3 is 5.97 Å². The van der Waals surface area contributed by atoms with Crippen LogP contribution in [0.25, 0.3) is 0 Å². The van der Waals surface area contributed by atoms with Gasteiger partial charge < -0.3 is 14.0 Å². The molecule has 0 aliphatic rings. The summed E-state index contributed by atoms with van der Waals surface area (Å²) in [7, 11) is 1.67. The second-order valence-electron chi connectivity index (χ2n) is 6.51. The van der Waals surface area contributed by atoms with Crippen LogP contribution in [0.2, 0.25) is 0 Å². The summed E-state index contributed by atoms with van der Waals surface area (Å²) in [4.78, 5) is 14.3. The fourth-order valence-electron chi connectivity index (χ4n) is 2.99. The zero-order valence-electron chi connectivity index (χ0n) is 16.3. The van der Waals surface area contributed by atoms with Crippen LogP contribution in [0, 0.1) is 6.92 Å². The molecule has 0 N–H and O–H groups in total. The fraction of sp³-hybridized carbons (Fsp3) is 0.476. The third-order valence-corrected chi connectivity index (χ3v) is 4.48. The second kappa shape index (κ2) is 10.1. The highest BCUT2D eigenvalue weighted by Gasteiger charge is 2.23. The first-order chi connectivity index (χ1) is 12.5. The zero-order chi connectivity index (χ0) is 18.9. The van der Waals surface area contributed by atoms with Crippen molar-refractivity contribution < 1.29 is 14.3 Å². The number of aryl methyl sites for hydroxylation is 1. The normalized spacial score (nSPS) is 12.3. The van der Waals surface area contributed by atoms with E-state index >= 15 is 0 Å².